The molecule has 0 unspecified atom stereocenters. The van der Waals surface area contributed by atoms with E-state index in [2.05, 4.69) is 15.9 Å². The number of carbonyl (C=O) groups excluding carboxylic acids is 2. The van der Waals surface area contributed by atoms with Crippen molar-refractivity contribution in [1.82, 2.24) is 0 Å². The Balaban J connectivity index is 2.06. The molecule has 0 fully saturated rings. The van der Waals surface area contributed by atoms with E-state index < -0.39 is 12.6 Å². The maximum Gasteiger partial charge on any atom is 0.340 e. The molecule has 2 rings (SSSR count). The van der Waals surface area contributed by atoms with Gasteiger partial charge in [-0.1, -0.05) is 51.3 Å². The largest absolute Gasteiger partial charge is 0.454 e. The lowest BCUT2D eigenvalue weighted by Gasteiger charge is -2.07. The smallest absolute Gasteiger partial charge is 0.340 e. The summed E-state index contributed by atoms with van der Waals surface area (Å²) < 4.78 is 5.67. The third-order valence-electron chi connectivity index (χ3n) is 2.66. The zero-order valence-electron chi connectivity index (χ0n) is 10.6. The first-order valence-corrected chi connectivity index (χ1v) is 7.44. The first-order chi connectivity index (χ1) is 9.99. The number of hydrogen-bond donors (Lipinski definition) is 0. The zero-order valence-corrected chi connectivity index (χ0v) is 13.7. The molecule has 0 saturated carbocycles. The van der Waals surface area contributed by atoms with Gasteiger partial charge in [0.05, 0.1) is 15.6 Å². The number of benzene rings is 2. The van der Waals surface area contributed by atoms with Crippen molar-refractivity contribution in [2.45, 2.75) is 0 Å². The van der Waals surface area contributed by atoms with Gasteiger partial charge in [-0.25, -0.2) is 4.79 Å². The first-order valence-electron chi connectivity index (χ1n) is 5.89. The van der Waals surface area contributed by atoms with Crippen molar-refractivity contribution >= 4 is 50.9 Å². The van der Waals surface area contributed by atoms with Crippen LogP contribution in [0.5, 0.6) is 0 Å². The van der Waals surface area contributed by atoms with Crippen LogP contribution in [-0.2, 0) is 4.74 Å². The normalized spacial score (nSPS) is 10.2. The Morgan fingerprint density at radius 1 is 1.00 bits per heavy atom. The van der Waals surface area contributed by atoms with E-state index in [-0.39, 0.29) is 16.4 Å². The summed E-state index contributed by atoms with van der Waals surface area (Å²) >= 11 is 15.1. The molecule has 0 aliphatic carbocycles. The topological polar surface area (TPSA) is 43.4 Å². The molecule has 0 aliphatic heterocycles. The molecule has 3 nitrogen and oxygen atoms in total. The van der Waals surface area contributed by atoms with Crippen LogP contribution in [0.1, 0.15) is 20.7 Å². The van der Waals surface area contributed by atoms with Crippen LogP contribution in [0.2, 0.25) is 10.0 Å². The number of rotatable bonds is 4. The molecule has 0 saturated heterocycles. The van der Waals surface area contributed by atoms with Crippen LogP contribution in [0.25, 0.3) is 0 Å². The Morgan fingerprint density at radius 3 is 2.38 bits per heavy atom. The van der Waals surface area contributed by atoms with Crippen LogP contribution in [0.3, 0.4) is 0 Å². The highest BCUT2D eigenvalue weighted by Crippen LogP contribution is 2.22. The Kier molecular flexibility index (Phi) is 5.39. The second-order valence-electron chi connectivity index (χ2n) is 4.10. The molecular formula is C15H9BrCl2O3. The minimum atomic E-state index is -0.665. The molecule has 2 aromatic carbocycles. The Hall–Kier alpha value is -1.36. The average molecular weight is 388 g/mol. The van der Waals surface area contributed by atoms with Gasteiger partial charge in [0.1, 0.15) is 0 Å². The van der Waals surface area contributed by atoms with Crippen LogP contribution in [-0.4, -0.2) is 18.4 Å². The van der Waals surface area contributed by atoms with Crippen LogP contribution >= 0.6 is 39.1 Å². The summed E-state index contributed by atoms with van der Waals surface area (Å²) in [5.41, 5.74) is 0.505. The van der Waals surface area contributed by atoms with Crippen molar-refractivity contribution in [3.8, 4) is 0 Å². The van der Waals surface area contributed by atoms with Crippen LogP contribution in [0.4, 0.5) is 0 Å². The standard InChI is InChI=1S/C15H9BrCl2O3/c16-9-5-6-13(18)11(7-9)15(20)21-8-14(19)10-3-1-2-4-12(10)17/h1-7H,8H2. The van der Waals surface area contributed by atoms with Crippen molar-refractivity contribution in [1.29, 1.82) is 0 Å². The van der Waals surface area contributed by atoms with Crippen molar-refractivity contribution in [2.24, 2.45) is 0 Å². The summed E-state index contributed by atoms with van der Waals surface area (Å²) in [4.78, 5) is 23.9. The predicted octanol–water partition coefficient (Wildman–Crippen LogP) is 4.80. The molecule has 6 heteroatoms. The lowest BCUT2D eigenvalue weighted by Crippen LogP contribution is -2.15. The van der Waals surface area contributed by atoms with Gasteiger partial charge in [-0.2, -0.15) is 0 Å². The van der Waals surface area contributed by atoms with Crippen LogP contribution in [0.15, 0.2) is 46.9 Å². The molecular weight excluding hydrogens is 379 g/mol. The van der Waals surface area contributed by atoms with Gasteiger partial charge in [0, 0.05) is 10.0 Å². The minimum absolute atomic E-state index is 0.193. The fourth-order valence-corrected chi connectivity index (χ4v) is 2.42. The third-order valence-corrected chi connectivity index (χ3v) is 3.81. The highest BCUT2D eigenvalue weighted by Gasteiger charge is 2.16. The number of halogens is 3. The summed E-state index contributed by atoms with van der Waals surface area (Å²) in [6.07, 6.45) is 0. The number of hydrogen-bond acceptors (Lipinski definition) is 3. The molecule has 0 spiro atoms. The summed E-state index contributed by atoms with van der Waals surface area (Å²) in [5.74, 6) is -1.04. The van der Waals surface area contributed by atoms with Gasteiger partial charge in [0.25, 0.3) is 0 Å². The summed E-state index contributed by atoms with van der Waals surface area (Å²) in [7, 11) is 0. The fraction of sp³-hybridized carbons (Fsp3) is 0.0667. The summed E-state index contributed by atoms with van der Waals surface area (Å²) in [6.45, 7) is -0.397. The van der Waals surface area contributed by atoms with E-state index in [1.807, 2.05) is 0 Å². The van der Waals surface area contributed by atoms with E-state index in [4.69, 9.17) is 27.9 Å². The molecule has 0 radical (unpaired) electrons. The molecule has 0 heterocycles. The van der Waals surface area contributed by atoms with Crippen molar-refractivity contribution in [3.05, 3.63) is 68.1 Å². The van der Waals surface area contributed by atoms with Gasteiger partial charge in [0.2, 0.25) is 5.78 Å². The molecule has 0 N–H and O–H groups in total. The van der Waals surface area contributed by atoms with Crippen molar-refractivity contribution < 1.29 is 14.3 Å². The third kappa shape index (κ3) is 4.06. The summed E-state index contributed by atoms with van der Waals surface area (Å²) in [6, 6.07) is 11.4. The van der Waals surface area contributed by atoms with Gasteiger partial charge in [-0.15, -0.1) is 0 Å². The average Bonchev–Trinajstić information content (AvgIpc) is 2.47. The molecule has 0 amide bonds. The van der Waals surface area contributed by atoms with E-state index >= 15 is 0 Å². The minimum Gasteiger partial charge on any atom is -0.454 e. The molecule has 0 atom stereocenters. The van der Waals surface area contributed by atoms with Gasteiger partial charge in [-0.05, 0) is 30.3 Å². The highest BCUT2D eigenvalue weighted by molar-refractivity contribution is 9.10. The zero-order chi connectivity index (χ0) is 15.4. The summed E-state index contributed by atoms with van der Waals surface area (Å²) in [5, 5.41) is 0.576. The maximum atomic E-state index is 11.9. The van der Waals surface area contributed by atoms with E-state index in [0.717, 1.165) is 0 Å². The van der Waals surface area contributed by atoms with Gasteiger partial charge in [0.15, 0.2) is 6.61 Å². The monoisotopic (exact) mass is 386 g/mol. The second-order valence-corrected chi connectivity index (χ2v) is 5.83. The quantitative estimate of drug-likeness (QED) is 0.559. The molecule has 0 aliphatic rings. The number of Topliss-reactive ketones (excluding diaryl/α,β-unsaturated/α-hetero) is 1. The van der Waals surface area contributed by atoms with E-state index in [9.17, 15) is 9.59 Å². The highest BCUT2D eigenvalue weighted by atomic mass is 79.9. The van der Waals surface area contributed by atoms with E-state index in [1.54, 1.807) is 36.4 Å². The number of ketones is 1. The fourth-order valence-electron chi connectivity index (χ4n) is 1.63. The number of esters is 1. The van der Waals surface area contributed by atoms with Gasteiger partial charge in [-0.3, -0.25) is 4.79 Å². The number of ether oxygens (including phenoxy) is 1. The Morgan fingerprint density at radius 2 is 1.67 bits per heavy atom. The molecule has 108 valence electrons. The van der Waals surface area contributed by atoms with Crippen LogP contribution in [0, 0.1) is 0 Å². The SMILES string of the molecule is O=C(COC(=O)c1cc(Br)ccc1Cl)c1ccccc1Cl. The second kappa shape index (κ2) is 7.07. The van der Waals surface area contributed by atoms with Crippen molar-refractivity contribution in [3.63, 3.8) is 0 Å². The van der Waals surface area contributed by atoms with E-state index in [0.29, 0.717) is 15.1 Å². The van der Waals surface area contributed by atoms with Gasteiger partial charge >= 0.3 is 5.97 Å². The Bertz CT molecular complexity index is 701. The number of carbonyl (C=O) groups is 2. The van der Waals surface area contributed by atoms with E-state index in [1.165, 1.54) is 6.07 Å². The lowest BCUT2D eigenvalue weighted by atomic mass is 10.1. The molecule has 0 aromatic heterocycles. The van der Waals surface area contributed by atoms with Gasteiger partial charge < -0.3 is 4.74 Å². The first kappa shape index (κ1) is 16.0. The molecule has 21 heavy (non-hydrogen) atoms. The predicted molar refractivity (Wildman–Crippen MR) is 85.2 cm³/mol. The Labute approximate surface area is 139 Å². The maximum absolute atomic E-state index is 11.9. The van der Waals surface area contributed by atoms with Crippen molar-refractivity contribution in [2.75, 3.05) is 6.61 Å². The molecule has 2 aromatic rings. The molecule has 0 bridgehead atoms. The van der Waals surface area contributed by atoms with Crippen LogP contribution < -0.4 is 0 Å². The lowest BCUT2D eigenvalue weighted by molar-refractivity contribution is 0.0475.